The van der Waals surface area contributed by atoms with E-state index >= 15 is 0 Å². The maximum Gasteiger partial charge on any atom is 0.313 e. The number of hydrogen-bond donors (Lipinski definition) is 1. The molecule has 6 heteroatoms. The van der Waals surface area contributed by atoms with Gasteiger partial charge in [0.05, 0.1) is 5.75 Å². The fourth-order valence-corrected chi connectivity index (χ4v) is 3.25. The van der Waals surface area contributed by atoms with Crippen molar-refractivity contribution >= 4 is 17.7 Å². The number of nitrogens with zero attached hydrogens (tertiary/aromatic N) is 3. The number of carbonyl (C=O) groups is 1. The molecule has 104 valence electrons. The Hall–Kier alpha value is -1.04. The molecule has 2 saturated carbocycles. The van der Waals surface area contributed by atoms with E-state index in [0.717, 1.165) is 16.9 Å². The van der Waals surface area contributed by atoms with Gasteiger partial charge < -0.3 is 9.67 Å². The second-order valence-corrected chi connectivity index (χ2v) is 6.64. The van der Waals surface area contributed by atoms with Crippen molar-refractivity contribution in [2.24, 2.45) is 5.92 Å². The Balaban J connectivity index is 1.79. The van der Waals surface area contributed by atoms with Gasteiger partial charge in [0.1, 0.15) is 5.82 Å². The molecule has 2 fully saturated rings. The molecular weight excluding hydrogens is 262 g/mol. The van der Waals surface area contributed by atoms with Crippen molar-refractivity contribution in [1.29, 1.82) is 0 Å². The molecule has 19 heavy (non-hydrogen) atoms. The van der Waals surface area contributed by atoms with Crippen molar-refractivity contribution in [3.63, 3.8) is 0 Å². The molecule has 0 aliphatic heterocycles. The van der Waals surface area contributed by atoms with Crippen molar-refractivity contribution < 1.29 is 9.90 Å². The van der Waals surface area contributed by atoms with Gasteiger partial charge in [0.15, 0.2) is 5.16 Å². The predicted molar refractivity (Wildman–Crippen MR) is 72.4 cm³/mol. The third kappa shape index (κ3) is 3.11. The quantitative estimate of drug-likeness (QED) is 0.778. The first-order valence-corrected chi connectivity index (χ1v) is 7.93. The summed E-state index contributed by atoms with van der Waals surface area (Å²) in [4.78, 5) is 10.7. The van der Waals surface area contributed by atoms with Crippen molar-refractivity contribution in [3.05, 3.63) is 5.82 Å². The van der Waals surface area contributed by atoms with E-state index in [4.69, 9.17) is 5.11 Å². The largest absolute Gasteiger partial charge is 0.481 e. The Bertz CT molecular complexity index is 480. The summed E-state index contributed by atoms with van der Waals surface area (Å²) >= 11 is 1.29. The highest BCUT2D eigenvalue weighted by atomic mass is 32.2. The van der Waals surface area contributed by atoms with Crippen LogP contribution in [0.5, 0.6) is 0 Å². The number of aromatic nitrogens is 3. The van der Waals surface area contributed by atoms with E-state index in [2.05, 4.69) is 21.7 Å². The minimum absolute atomic E-state index is 0.0545. The molecule has 0 amide bonds. The van der Waals surface area contributed by atoms with Crippen LogP contribution in [0.15, 0.2) is 5.16 Å². The summed E-state index contributed by atoms with van der Waals surface area (Å²) in [5.41, 5.74) is 0. The number of aliphatic carboxylic acids is 1. The maximum absolute atomic E-state index is 10.7. The molecule has 0 spiro atoms. The Kier molecular flexibility index (Phi) is 3.52. The highest BCUT2D eigenvalue weighted by Crippen LogP contribution is 2.43. The first kappa shape index (κ1) is 13.0. The number of thioether (sulfide) groups is 1. The van der Waals surface area contributed by atoms with Gasteiger partial charge >= 0.3 is 5.97 Å². The molecule has 0 saturated heterocycles. The van der Waals surface area contributed by atoms with Gasteiger partial charge in [-0.05, 0) is 32.1 Å². The summed E-state index contributed by atoms with van der Waals surface area (Å²) in [7, 11) is 0. The molecule has 3 rings (SSSR count). The Morgan fingerprint density at radius 1 is 1.42 bits per heavy atom. The van der Waals surface area contributed by atoms with E-state index in [0.29, 0.717) is 12.0 Å². The lowest BCUT2D eigenvalue weighted by molar-refractivity contribution is -0.133. The average molecular weight is 281 g/mol. The SMILES string of the molecule is CC(CC1CC1)n1c(SCC(=O)O)nnc1C1CC1. The zero-order valence-electron chi connectivity index (χ0n) is 11.1. The van der Waals surface area contributed by atoms with Crippen LogP contribution in [0.2, 0.25) is 0 Å². The van der Waals surface area contributed by atoms with Gasteiger partial charge in [0, 0.05) is 12.0 Å². The molecule has 1 aromatic rings. The van der Waals surface area contributed by atoms with Crippen LogP contribution in [0.3, 0.4) is 0 Å². The topological polar surface area (TPSA) is 68.0 Å². The molecule has 0 aromatic carbocycles. The Morgan fingerprint density at radius 3 is 2.74 bits per heavy atom. The van der Waals surface area contributed by atoms with Crippen LogP contribution >= 0.6 is 11.8 Å². The van der Waals surface area contributed by atoms with Crippen molar-refractivity contribution in [2.75, 3.05) is 5.75 Å². The first-order chi connectivity index (χ1) is 9.15. The summed E-state index contributed by atoms with van der Waals surface area (Å²) in [6.07, 6.45) is 6.22. The normalized spacial score (nSPS) is 20.5. The fourth-order valence-electron chi connectivity index (χ4n) is 2.49. The third-order valence-electron chi connectivity index (χ3n) is 3.77. The summed E-state index contributed by atoms with van der Waals surface area (Å²) in [6.45, 7) is 2.21. The third-order valence-corrected chi connectivity index (χ3v) is 4.70. The van der Waals surface area contributed by atoms with Gasteiger partial charge in [-0.15, -0.1) is 10.2 Å². The highest BCUT2D eigenvalue weighted by molar-refractivity contribution is 7.99. The Labute approximate surface area is 116 Å². The highest BCUT2D eigenvalue weighted by Gasteiger charge is 2.33. The second kappa shape index (κ2) is 5.15. The monoisotopic (exact) mass is 281 g/mol. The second-order valence-electron chi connectivity index (χ2n) is 5.70. The van der Waals surface area contributed by atoms with Gasteiger partial charge in [-0.3, -0.25) is 4.79 Å². The van der Waals surface area contributed by atoms with Crippen molar-refractivity contribution in [1.82, 2.24) is 14.8 Å². The zero-order valence-corrected chi connectivity index (χ0v) is 11.9. The lowest BCUT2D eigenvalue weighted by Gasteiger charge is -2.17. The molecule has 1 unspecified atom stereocenters. The van der Waals surface area contributed by atoms with Gasteiger partial charge in [-0.25, -0.2) is 0 Å². The van der Waals surface area contributed by atoms with Crippen LogP contribution in [0.4, 0.5) is 0 Å². The maximum atomic E-state index is 10.7. The molecule has 0 bridgehead atoms. The molecule has 2 aliphatic carbocycles. The van der Waals surface area contributed by atoms with Gasteiger partial charge in [-0.2, -0.15) is 0 Å². The average Bonchev–Trinajstić information content (AvgIpc) is 3.27. The molecule has 1 N–H and O–H groups in total. The van der Waals surface area contributed by atoms with Crippen LogP contribution < -0.4 is 0 Å². The molecule has 2 aliphatic rings. The van der Waals surface area contributed by atoms with E-state index in [-0.39, 0.29) is 5.75 Å². The molecule has 1 aromatic heterocycles. The lowest BCUT2D eigenvalue weighted by atomic mass is 10.1. The first-order valence-electron chi connectivity index (χ1n) is 6.94. The summed E-state index contributed by atoms with van der Waals surface area (Å²) < 4.78 is 2.20. The minimum atomic E-state index is -0.803. The van der Waals surface area contributed by atoms with Crippen LogP contribution in [0, 0.1) is 5.92 Å². The lowest BCUT2D eigenvalue weighted by Crippen LogP contribution is -2.12. The standard InChI is InChI=1S/C13H19N3O2S/c1-8(6-9-2-3-9)16-12(10-4-5-10)14-15-13(16)19-7-11(17)18/h8-10H,2-7H2,1H3,(H,17,18). The number of hydrogen-bond acceptors (Lipinski definition) is 4. The minimum Gasteiger partial charge on any atom is -0.481 e. The van der Waals surface area contributed by atoms with E-state index in [9.17, 15) is 4.79 Å². The van der Waals surface area contributed by atoms with E-state index in [1.54, 1.807) is 0 Å². The number of rotatable bonds is 7. The smallest absolute Gasteiger partial charge is 0.313 e. The van der Waals surface area contributed by atoms with Crippen molar-refractivity contribution in [3.8, 4) is 0 Å². The molecular formula is C13H19N3O2S. The van der Waals surface area contributed by atoms with E-state index in [1.807, 2.05) is 0 Å². The molecule has 0 radical (unpaired) electrons. The summed E-state index contributed by atoms with van der Waals surface area (Å²) in [6, 6.07) is 0.384. The van der Waals surface area contributed by atoms with Crippen molar-refractivity contribution in [2.45, 2.75) is 56.1 Å². The molecule has 1 atom stereocenters. The molecule has 5 nitrogen and oxygen atoms in total. The van der Waals surface area contributed by atoms with Crippen LogP contribution in [-0.2, 0) is 4.79 Å². The summed E-state index contributed by atoms with van der Waals surface area (Å²) in [5.74, 6) is 1.72. The molecule has 1 heterocycles. The number of carboxylic acid groups (broad SMARTS) is 1. The fraction of sp³-hybridized carbons (Fsp3) is 0.769. The van der Waals surface area contributed by atoms with E-state index < -0.39 is 5.97 Å². The van der Waals surface area contributed by atoms with Crippen LogP contribution in [0.1, 0.15) is 56.8 Å². The van der Waals surface area contributed by atoms with Crippen LogP contribution in [0.25, 0.3) is 0 Å². The number of carboxylic acids is 1. The van der Waals surface area contributed by atoms with Gasteiger partial charge in [0.25, 0.3) is 0 Å². The van der Waals surface area contributed by atoms with Gasteiger partial charge in [0.2, 0.25) is 0 Å². The summed E-state index contributed by atoms with van der Waals surface area (Å²) in [5, 5.41) is 18.1. The predicted octanol–water partition coefficient (Wildman–Crippen LogP) is 2.69. The Morgan fingerprint density at radius 2 is 2.16 bits per heavy atom. The van der Waals surface area contributed by atoms with Crippen LogP contribution in [-0.4, -0.2) is 31.6 Å². The van der Waals surface area contributed by atoms with Gasteiger partial charge in [-0.1, -0.05) is 24.6 Å². The zero-order chi connectivity index (χ0) is 13.4. The van der Waals surface area contributed by atoms with E-state index in [1.165, 1.54) is 43.9 Å².